The van der Waals surface area contributed by atoms with Gasteiger partial charge in [-0.15, -0.1) is 0 Å². The Kier molecular flexibility index (Phi) is 2.61. The van der Waals surface area contributed by atoms with Crippen LogP contribution in [0.2, 0.25) is 0 Å². The number of para-hydroxylation sites is 1. The number of nitrogens with one attached hydrogen (secondary N) is 1. The van der Waals surface area contributed by atoms with Crippen molar-refractivity contribution in [3.63, 3.8) is 0 Å². The van der Waals surface area contributed by atoms with Crippen LogP contribution >= 0.6 is 0 Å². The van der Waals surface area contributed by atoms with Crippen LogP contribution in [0.3, 0.4) is 0 Å². The average Bonchev–Trinajstić information content (AvgIpc) is 2.92. The molecule has 0 saturated heterocycles. The van der Waals surface area contributed by atoms with E-state index in [1.807, 2.05) is 12.1 Å². The zero-order valence-corrected chi connectivity index (χ0v) is 11.5. The maximum atomic E-state index is 11.3. The third-order valence-corrected chi connectivity index (χ3v) is 4.84. The van der Waals surface area contributed by atoms with Crippen molar-refractivity contribution in [2.45, 2.75) is 37.3 Å². The molecule has 20 heavy (non-hydrogen) atoms. The maximum Gasteiger partial charge on any atom is 0.110 e. The normalized spacial score (nSPS) is 27.6. The van der Waals surface area contributed by atoms with Gasteiger partial charge in [-0.3, -0.25) is 0 Å². The average molecular weight is 265 g/mol. The fourth-order valence-electron chi connectivity index (χ4n) is 3.79. The van der Waals surface area contributed by atoms with Gasteiger partial charge in [0.1, 0.15) is 5.60 Å². The van der Waals surface area contributed by atoms with Crippen molar-refractivity contribution in [1.82, 2.24) is 0 Å². The molecule has 2 aromatic rings. The zero-order valence-electron chi connectivity index (χ0n) is 11.5. The van der Waals surface area contributed by atoms with Gasteiger partial charge in [-0.25, -0.2) is 0 Å². The maximum absolute atomic E-state index is 11.3. The molecule has 1 aliphatic heterocycles. The summed E-state index contributed by atoms with van der Waals surface area (Å²) in [5.41, 5.74) is 4.17. The van der Waals surface area contributed by atoms with E-state index in [1.54, 1.807) is 0 Å². The van der Waals surface area contributed by atoms with E-state index < -0.39 is 5.60 Å². The summed E-state index contributed by atoms with van der Waals surface area (Å²) in [7, 11) is 0. The highest BCUT2D eigenvalue weighted by atomic mass is 16.3. The lowest BCUT2D eigenvalue weighted by atomic mass is 9.74. The highest BCUT2D eigenvalue weighted by Gasteiger charge is 2.43. The number of benzene rings is 2. The summed E-state index contributed by atoms with van der Waals surface area (Å²) in [5.74, 6) is 0. The van der Waals surface area contributed by atoms with Gasteiger partial charge in [-0.05, 0) is 48.4 Å². The predicted octanol–water partition coefficient (Wildman–Crippen LogP) is 3.25. The van der Waals surface area contributed by atoms with Crippen LogP contribution in [-0.4, -0.2) is 11.1 Å². The van der Waals surface area contributed by atoms with E-state index in [0.29, 0.717) is 0 Å². The lowest BCUT2D eigenvalue weighted by Crippen LogP contribution is -2.45. The Hall–Kier alpha value is -1.80. The molecule has 0 radical (unpaired) electrons. The van der Waals surface area contributed by atoms with E-state index in [1.165, 1.54) is 16.8 Å². The highest BCUT2D eigenvalue weighted by molar-refractivity contribution is 5.58. The third-order valence-electron chi connectivity index (χ3n) is 4.84. The standard InChI is InChI=1S/C18H19NO/c20-18(11-5-8-13-6-1-3-9-15(13)18)17-12-14-7-2-4-10-16(14)19-17/h1-4,6-7,9-10,17,19-20H,5,8,11-12H2. The number of fused-ring (bicyclic) bond motifs is 2. The van der Waals surface area contributed by atoms with Crippen molar-refractivity contribution < 1.29 is 5.11 Å². The van der Waals surface area contributed by atoms with Crippen LogP contribution < -0.4 is 5.32 Å². The summed E-state index contributed by atoms with van der Waals surface area (Å²) in [6.45, 7) is 0. The second-order valence-corrected chi connectivity index (χ2v) is 5.99. The van der Waals surface area contributed by atoms with Gasteiger partial charge in [0.15, 0.2) is 0 Å². The molecule has 1 aliphatic carbocycles. The van der Waals surface area contributed by atoms with Gasteiger partial charge in [0, 0.05) is 5.69 Å². The number of rotatable bonds is 1. The quantitative estimate of drug-likeness (QED) is 0.829. The number of hydrogen-bond acceptors (Lipinski definition) is 2. The second-order valence-electron chi connectivity index (χ2n) is 5.99. The Balaban J connectivity index is 1.73. The molecule has 0 fully saturated rings. The molecule has 2 nitrogen and oxygen atoms in total. The van der Waals surface area contributed by atoms with Crippen LogP contribution in [0.25, 0.3) is 0 Å². The summed E-state index contributed by atoms with van der Waals surface area (Å²) < 4.78 is 0. The minimum Gasteiger partial charge on any atom is -0.383 e. The van der Waals surface area contributed by atoms with Crippen LogP contribution in [0.15, 0.2) is 48.5 Å². The summed E-state index contributed by atoms with van der Waals surface area (Å²) >= 11 is 0. The summed E-state index contributed by atoms with van der Waals surface area (Å²) in [5, 5.41) is 14.9. The molecule has 0 saturated carbocycles. The molecule has 2 atom stereocenters. The molecule has 2 aliphatic rings. The monoisotopic (exact) mass is 265 g/mol. The van der Waals surface area contributed by atoms with Gasteiger partial charge >= 0.3 is 0 Å². The topological polar surface area (TPSA) is 32.3 Å². The number of hydrogen-bond donors (Lipinski definition) is 2. The minimum atomic E-state index is -0.742. The van der Waals surface area contributed by atoms with Gasteiger partial charge in [0.05, 0.1) is 6.04 Å². The summed E-state index contributed by atoms with van der Waals surface area (Å²) in [6, 6.07) is 16.8. The van der Waals surface area contributed by atoms with E-state index in [0.717, 1.165) is 31.2 Å². The second kappa shape index (κ2) is 4.35. The lowest BCUT2D eigenvalue weighted by Gasteiger charge is -2.39. The Morgan fingerprint density at radius 3 is 2.60 bits per heavy atom. The molecule has 102 valence electrons. The third kappa shape index (κ3) is 1.68. The molecule has 0 bridgehead atoms. The van der Waals surface area contributed by atoms with Crippen LogP contribution in [0.1, 0.15) is 29.5 Å². The molecule has 0 amide bonds. The van der Waals surface area contributed by atoms with Crippen molar-refractivity contribution in [1.29, 1.82) is 0 Å². The van der Waals surface area contributed by atoms with Crippen molar-refractivity contribution >= 4 is 5.69 Å². The fourth-order valence-corrected chi connectivity index (χ4v) is 3.79. The van der Waals surface area contributed by atoms with Gasteiger partial charge in [0.2, 0.25) is 0 Å². The largest absolute Gasteiger partial charge is 0.383 e. The van der Waals surface area contributed by atoms with Gasteiger partial charge < -0.3 is 10.4 Å². The molecular formula is C18H19NO. The van der Waals surface area contributed by atoms with Crippen molar-refractivity contribution in [3.8, 4) is 0 Å². The number of aliphatic hydroxyl groups is 1. The highest BCUT2D eigenvalue weighted by Crippen LogP contribution is 2.42. The summed E-state index contributed by atoms with van der Waals surface area (Å²) in [4.78, 5) is 0. The molecule has 4 rings (SSSR count). The van der Waals surface area contributed by atoms with Gasteiger partial charge in [-0.2, -0.15) is 0 Å². The Morgan fingerprint density at radius 1 is 1.00 bits per heavy atom. The van der Waals surface area contributed by atoms with E-state index in [9.17, 15) is 5.11 Å². The zero-order chi connectivity index (χ0) is 13.6. The molecule has 0 spiro atoms. The minimum absolute atomic E-state index is 0.0846. The molecule has 2 heteroatoms. The molecule has 2 N–H and O–H groups in total. The fraction of sp³-hybridized carbons (Fsp3) is 0.333. The van der Waals surface area contributed by atoms with Crippen molar-refractivity contribution in [2.75, 3.05) is 5.32 Å². The lowest BCUT2D eigenvalue weighted by molar-refractivity contribution is 0.00133. The van der Waals surface area contributed by atoms with E-state index >= 15 is 0 Å². The van der Waals surface area contributed by atoms with Crippen LogP contribution in [0.4, 0.5) is 5.69 Å². The SMILES string of the molecule is OC1(C2Cc3ccccc3N2)CCCc2ccccc21. The first kappa shape index (κ1) is 12.0. The van der Waals surface area contributed by atoms with Crippen molar-refractivity contribution in [3.05, 3.63) is 65.2 Å². The first-order valence-electron chi connectivity index (χ1n) is 7.42. The Bertz CT molecular complexity index is 626. The van der Waals surface area contributed by atoms with Crippen LogP contribution in [0.5, 0.6) is 0 Å². The number of aryl methyl sites for hydroxylation is 1. The van der Waals surface area contributed by atoms with Crippen LogP contribution in [0, 0.1) is 0 Å². The van der Waals surface area contributed by atoms with Crippen LogP contribution in [-0.2, 0) is 18.4 Å². The first-order valence-corrected chi connectivity index (χ1v) is 7.42. The molecule has 1 heterocycles. The van der Waals surface area contributed by atoms with E-state index in [-0.39, 0.29) is 6.04 Å². The Labute approximate surface area is 119 Å². The van der Waals surface area contributed by atoms with Gasteiger partial charge in [0.25, 0.3) is 0 Å². The predicted molar refractivity (Wildman–Crippen MR) is 80.8 cm³/mol. The van der Waals surface area contributed by atoms with Gasteiger partial charge in [-0.1, -0.05) is 42.5 Å². The molecule has 0 aromatic heterocycles. The Morgan fingerprint density at radius 2 is 1.75 bits per heavy atom. The molecule has 2 unspecified atom stereocenters. The molecular weight excluding hydrogens is 246 g/mol. The first-order chi connectivity index (χ1) is 9.77. The smallest absolute Gasteiger partial charge is 0.110 e. The van der Waals surface area contributed by atoms with Crippen molar-refractivity contribution in [2.24, 2.45) is 0 Å². The number of anilines is 1. The molecule has 2 aromatic carbocycles. The summed E-state index contributed by atoms with van der Waals surface area (Å²) in [6.07, 6.45) is 3.89. The van der Waals surface area contributed by atoms with E-state index in [2.05, 4.69) is 41.7 Å². The van der Waals surface area contributed by atoms with E-state index in [4.69, 9.17) is 0 Å².